The highest BCUT2D eigenvalue weighted by Crippen LogP contribution is 2.47. The molecule has 0 N–H and O–H groups in total. The fourth-order valence-corrected chi connectivity index (χ4v) is 5.02. The minimum atomic E-state index is -4.08. The number of rotatable bonds is 2. The lowest BCUT2D eigenvalue weighted by Gasteiger charge is -2.19. The van der Waals surface area contributed by atoms with E-state index in [0.29, 0.717) is 15.8 Å². The number of anilines is 1. The van der Waals surface area contributed by atoms with Crippen LogP contribution >= 0.6 is 23.2 Å². The summed E-state index contributed by atoms with van der Waals surface area (Å²) in [5.41, 5.74) is 0.423. The molecule has 0 spiro atoms. The van der Waals surface area contributed by atoms with E-state index in [1.54, 1.807) is 36.4 Å². The Hall–Kier alpha value is -2.08. The van der Waals surface area contributed by atoms with Crippen LogP contribution in [0.5, 0.6) is 0 Å². The molecule has 0 saturated carbocycles. The molecule has 0 saturated heterocycles. The van der Waals surface area contributed by atoms with Gasteiger partial charge in [0.25, 0.3) is 15.9 Å². The summed E-state index contributed by atoms with van der Waals surface area (Å²) in [5, 5.41) is 1.53. The Morgan fingerprint density at radius 2 is 1.58 bits per heavy atom. The van der Waals surface area contributed by atoms with Crippen LogP contribution in [0.2, 0.25) is 10.0 Å². The van der Waals surface area contributed by atoms with E-state index < -0.39 is 15.9 Å². The van der Waals surface area contributed by atoms with Crippen LogP contribution in [0.25, 0.3) is 10.8 Å². The maximum absolute atomic E-state index is 13.0. The van der Waals surface area contributed by atoms with E-state index in [9.17, 15) is 13.2 Å². The van der Waals surface area contributed by atoms with E-state index in [4.69, 9.17) is 23.2 Å². The number of hydrogen-bond donors (Lipinski definition) is 0. The van der Waals surface area contributed by atoms with E-state index in [-0.39, 0.29) is 21.2 Å². The van der Waals surface area contributed by atoms with Gasteiger partial charge in [-0.25, -0.2) is 8.42 Å². The Morgan fingerprint density at radius 1 is 0.875 bits per heavy atom. The van der Waals surface area contributed by atoms with Crippen LogP contribution in [0, 0.1) is 0 Å². The lowest BCUT2D eigenvalue weighted by atomic mass is 10.1. The largest absolute Gasteiger partial charge is 0.273 e. The zero-order valence-corrected chi connectivity index (χ0v) is 14.4. The number of amides is 1. The molecule has 3 aromatic carbocycles. The standard InChI is InChI=1S/C17H9Cl2NO3S/c18-13-9-14(19)16-15-11(13)7-4-8-12(15)17(21)20(16)24(22,23)10-5-2-1-3-6-10/h1-9H. The third-order valence-electron chi connectivity index (χ3n) is 3.94. The topological polar surface area (TPSA) is 54.5 Å². The first kappa shape index (κ1) is 15.4. The summed E-state index contributed by atoms with van der Waals surface area (Å²) in [5.74, 6) is -0.636. The van der Waals surface area contributed by atoms with Crippen molar-refractivity contribution in [1.29, 1.82) is 0 Å². The van der Waals surface area contributed by atoms with Crippen molar-refractivity contribution >= 4 is 55.6 Å². The molecule has 24 heavy (non-hydrogen) atoms. The third kappa shape index (κ3) is 1.99. The molecule has 0 bridgehead atoms. The predicted molar refractivity (Wildman–Crippen MR) is 94.4 cm³/mol. The molecule has 1 amide bonds. The van der Waals surface area contributed by atoms with Crippen LogP contribution < -0.4 is 4.31 Å². The molecule has 4 rings (SSSR count). The third-order valence-corrected chi connectivity index (χ3v) is 6.24. The van der Waals surface area contributed by atoms with Gasteiger partial charge in [-0.2, -0.15) is 4.31 Å². The zero-order chi connectivity index (χ0) is 17.1. The number of carbonyl (C=O) groups excluding carboxylic acids is 1. The molecule has 7 heteroatoms. The van der Waals surface area contributed by atoms with Crippen LogP contribution in [0.15, 0.2) is 59.5 Å². The maximum Gasteiger partial charge on any atom is 0.273 e. The van der Waals surface area contributed by atoms with Gasteiger partial charge in [-0.3, -0.25) is 4.79 Å². The van der Waals surface area contributed by atoms with Crippen molar-refractivity contribution in [1.82, 2.24) is 0 Å². The molecule has 0 aromatic heterocycles. The van der Waals surface area contributed by atoms with Crippen LogP contribution in [-0.2, 0) is 10.0 Å². The van der Waals surface area contributed by atoms with Crippen molar-refractivity contribution in [2.75, 3.05) is 4.31 Å². The number of hydrogen-bond acceptors (Lipinski definition) is 3. The smallest absolute Gasteiger partial charge is 0.268 e. The van der Waals surface area contributed by atoms with Gasteiger partial charge >= 0.3 is 0 Å². The Morgan fingerprint density at radius 3 is 2.29 bits per heavy atom. The lowest BCUT2D eigenvalue weighted by Crippen LogP contribution is -2.34. The number of benzene rings is 3. The molecule has 0 radical (unpaired) electrons. The molecule has 4 nitrogen and oxygen atoms in total. The fourth-order valence-electron chi connectivity index (χ4n) is 2.90. The number of carbonyl (C=O) groups is 1. The van der Waals surface area contributed by atoms with Crippen LogP contribution in [0.4, 0.5) is 5.69 Å². The minimum Gasteiger partial charge on any atom is -0.268 e. The first-order valence-corrected chi connectivity index (χ1v) is 9.18. The zero-order valence-electron chi connectivity index (χ0n) is 12.0. The number of sulfonamides is 1. The quantitative estimate of drug-likeness (QED) is 0.660. The summed E-state index contributed by atoms with van der Waals surface area (Å²) < 4.78 is 26.8. The van der Waals surface area contributed by atoms with Gasteiger partial charge < -0.3 is 0 Å². The second kappa shape index (κ2) is 5.21. The summed E-state index contributed by atoms with van der Waals surface area (Å²) in [6.45, 7) is 0. The van der Waals surface area contributed by atoms with E-state index in [1.165, 1.54) is 18.2 Å². The van der Waals surface area contributed by atoms with Gasteiger partial charge in [-0.15, -0.1) is 0 Å². The molecule has 3 aromatic rings. The summed E-state index contributed by atoms with van der Waals surface area (Å²) in [6, 6.07) is 14.2. The molecular weight excluding hydrogens is 369 g/mol. The van der Waals surface area contributed by atoms with Crippen molar-refractivity contribution in [3.05, 3.63) is 70.2 Å². The molecule has 1 heterocycles. The Bertz CT molecular complexity index is 1110. The Kier molecular flexibility index (Phi) is 3.35. The highest BCUT2D eigenvalue weighted by molar-refractivity contribution is 7.93. The maximum atomic E-state index is 13.0. The summed E-state index contributed by atoms with van der Waals surface area (Å²) in [4.78, 5) is 12.8. The number of halogens is 2. The van der Waals surface area contributed by atoms with Crippen LogP contribution in [0.3, 0.4) is 0 Å². The van der Waals surface area contributed by atoms with E-state index in [2.05, 4.69) is 0 Å². The van der Waals surface area contributed by atoms with Gasteiger partial charge in [0.05, 0.1) is 26.2 Å². The Labute approximate surface area is 148 Å². The predicted octanol–water partition coefficient (Wildman–Crippen LogP) is 4.50. The minimum absolute atomic E-state index is 0.0188. The first-order valence-electron chi connectivity index (χ1n) is 6.98. The Balaban J connectivity index is 2.07. The molecule has 1 aliphatic rings. The van der Waals surface area contributed by atoms with Gasteiger partial charge in [0, 0.05) is 10.8 Å². The van der Waals surface area contributed by atoms with Crippen molar-refractivity contribution in [2.45, 2.75) is 4.90 Å². The van der Waals surface area contributed by atoms with Crippen LogP contribution in [-0.4, -0.2) is 14.3 Å². The summed E-state index contributed by atoms with van der Waals surface area (Å²) in [7, 11) is -4.08. The van der Waals surface area contributed by atoms with Crippen molar-refractivity contribution in [2.24, 2.45) is 0 Å². The highest BCUT2D eigenvalue weighted by Gasteiger charge is 2.40. The molecule has 0 unspecified atom stereocenters. The fraction of sp³-hybridized carbons (Fsp3) is 0. The lowest BCUT2D eigenvalue weighted by molar-refractivity contribution is 0.101. The molecule has 1 aliphatic heterocycles. The first-order chi connectivity index (χ1) is 11.4. The van der Waals surface area contributed by atoms with E-state index >= 15 is 0 Å². The van der Waals surface area contributed by atoms with Crippen LogP contribution in [0.1, 0.15) is 10.4 Å². The van der Waals surface area contributed by atoms with Gasteiger partial charge in [0.1, 0.15) is 0 Å². The summed E-state index contributed by atoms with van der Waals surface area (Å²) >= 11 is 12.4. The molecule has 120 valence electrons. The highest BCUT2D eigenvalue weighted by atomic mass is 35.5. The molecule has 0 atom stereocenters. The van der Waals surface area contributed by atoms with E-state index in [0.717, 1.165) is 4.31 Å². The van der Waals surface area contributed by atoms with Crippen molar-refractivity contribution in [3.63, 3.8) is 0 Å². The summed E-state index contributed by atoms with van der Waals surface area (Å²) in [6.07, 6.45) is 0. The molecule has 0 aliphatic carbocycles. The number of nitrogens with zero attached hydrogens (tertiary/aromatic N) is 1. The molecular formula is C17H9Cl2NO3S. The van der Waals surface area contributed by atoms with Gasteiger partial charge in [-0.05, 0) is 24.3 Å². The average Bonchev–Trinajstić information content (AvgIpc) is 2.88. The van der Waals surface area contributed by atoms with Gasteiger partial charge in [0.2, 0.25) is 0 Å². The second-order valence-corrected chi connectivity index (χ2v) is 7.91. The van der Waals surface area contributed by atoms with Gasteiger partial charge in [0.15, 0.2) is 0 Å². The van der Waals surface area contributed by atoms with E-state index in [1.807, 2.05) is 0 Å². The second-order valence-electron chi connectivity index (χ2n) is 5.30. The monoisotopic (exact) mass is 377 g/mol. The normalized spacial score (nSPS) is 13.8. The molecule has 0 fully saturated rings. The van der Waals surface area contributed by atoms with Gasteiger partial charge in [-0.1, -0.05) is 53.5 Å². The van der Waals surface area contributed by atoms with Crippen molar-refractivity contribution in [3.8, 4) is 0 Å². The van der Waals surface area contributed by atoms with Crippen molar-refractivity contribution < 1.29 is 13.2 Å². The SMILES string of the molecule is O=C1c2cccc3c(Cl)cc(Cl)c(c23)N1S(=O)(=O)c1ccccc1. The average molecular weight is 378 g/mol.